The number of hydrogen-bond donors (Lipinski definition) is 0. The molecule has 0 aliphatic heterocycles. The lowest BCUT2D eigenvalue weighted by Crippen LogP contribution is -2.24. The maximum Gasteiger partial charge on any atom is 0.0880 e. The molecule has 0 amide bonds. The van der Waals surface area contributed by atoms with E-state index in [1.165, 1.54) is 12.8 Å². The molecule has 2 atom stereocenters. The van der Waals surface area contributed by atoms with Gasteiger partial charge in [-0.2, -0.15) is 0 Å². The van der Waals surface area contributed by atoms with Crippen LogP contribution in [0.4, 0.5) is 0 Å². The van der Waals surface area contributed by atoms with Crippen LogP contribution in [0.25, 0.3) is 0 Å². The van der Waals surface area contributed by atoms with E-state index in [1.807, 2.05) is 6.92 Å². The van der Waals surface area contributed by atoms with Crippen molar-refractivity contribution in [3.05, 3.63) is 12.2 Å². The normalized spacial score (nSPS) is 32.6. The molecule has 0 fully saturated rings. The lowest BCUT2D eigenvalue weighted by molar-refractivity contribution is 0.0915. The molecule has 1 aliphatic carbocycles. The van der Waals surface area contributed by atoms with Crippen molar-refractivity contribution in [2.75, 3.05) is 6.61 Å². The molecule has 0 aromatic rings. The molecule has 0 saturated carbocycles. The minimum Gasteiger partial charge on any atom is -0.373 e. The Kier molecular flexibility index (Phi) is 3.43. The summed E-state index contributed by atoms with van der Waals surface area (Å²) in [7, 11) is 0. The predicted octanol–water partition coefficient (Wildman–Crippen LogP) is 2.51. The number of rotatable bonds is 2. The molecule has 2 heteroatoms. The zero-order valence-corrected chi connectivity index (χ0v) is 7.80. The number of hydrogen-bond acceptors (Lipinski definition) is 1. The Balaban J connectivity index is 2.39. The molecule has 0 unspecified atom stereocenters. The fourth-order valence-electron chi connectivity index (χ4n) is 1.12. The third-order valence-corrected chi connectivity index (χ3v) is 2.63. The highest BCUT2D eigenvalue weighted by molar-refractivity contribution is 9.09. The lowest BCUT2D eigenvalue weighted by atomic mass is 10.1. The van der Waals surface area contributed by atoms with Crippen molar-refractivity contribution in [3.8, 4) is 0 Å². The highest BCUT2D eigenvalue weighted by Gasteiger charge is 2.17. The van der Waals surface area contributed by atoms with E-state index >= 15 is 0 Å². The number of allylic oxidation sites excluding steroid dienone is 1. The molecule has 0 bridgehead atoms. The van der Waals surface area contributed by atoms with Gasteiger partial charge in [-0.05, 0) is 19.8 Å². The Morgan fingerprint density at radius 1 is 1.70 bits per heavy atom. The highest BCUT2D eigenvalue weighted by Crippen LogP contribution is 2.21. The van der Waals surface area contributed by atoms with Gasteiger partial charge in [-0.15, -0.1) is 0 Å². The van der Waals surface area contributed by atoms with Crippen molar-refractivity contribution in [3.63, 3.8) is 0 Å². The van der Waals surface area contributed by atoms with Gasteiger partial charge in [-0.1, -0.05) is 28.1 Å². The van der Waals surface area contributed by atoms with Crippen LogP contribution in [-0.2, 0) is 4.74 Å². The molecule has 58 valence electrons. The van der Waals surface area contributed by atoms with Crippen LogP contribution >= 0.6 is 15.9 Å². The SMILES string of the molecule is CCO[C@@H]1C=CCC[C@H]1Br. The molecule has 0 spiro atoms. The maximum absolute atomic E-state index is 5.46. The van der Waals surface area contributed by atoms with Gasteiger partial charge in [0.25, 0.3) is 0 Å². The van der Waals surface area contributed by atoms with Gasteiger partial charge < -0.3 is 4.74 Å². The number of ether oxygens (including phenoxy) is 1. The van der Waals surface area contributed by atoms with Gasteiger partial charge in [0, 0.05) is 11.4 Å². The van der Waals surface area contributed by atoms with E-state index in [4.69, 9.17) is 4.74 Å². The summed E-state index contributed by atoms with van der Waals surface area (Å²) in [5, 5.41) is 0. The molecule has 1 aliphatic rings. The first-order chi connectivity index (χ1) is 4.84. The van der Waals surface area contributed by atoms with Crippen LogP contribution in [0.2, 0.25) is 0 Å². The summed E-state index contributed by atoms with van der Waals surface area (Å²) in [5.41, 5.74) is 0. The summed E-state index contributed by atoms with van der Waals surface area (Å²) in [6.45, 7) is 2.83. The zero-order chi connectivity index (χ0) is 7.40. The fourth-order valence-corrected chi connectivity index (χ4v) is 1.72. The highest BCUT2D eigenvalue weighted by atomic mass is 79.9. The smallest absolute Gasteiger partial charge is 0.0880 e. The van der Waals surface area contributed by atoms with Crippen molar-refractivity contribution in [1.82, 2.24) is 0 Å². The van der Waals surface area contributed by atoms with Crippen LogP contribution in [0.3, 0.4) is 0 Å². The topological polar surface area (TPSA) is 9.23 Å². The molecule has 0 aromatic carbocycles. The van der Waals surface area contributed by atoms with Gasteiger partial charge >= 0.3 is 0 Å². The molecule has 0 saturated heterocycles. The molecular formula is C8H13BrO. The first-order valence-electron chi connectivity index (χ1n) is 3.77. The van der Waals surface area contributed by atoms with Crippen molar-refractivity contribution >= 4 is 15.9 Å². The van der Waals surface area contributed by atoms with Crippen LogP contribution in [0.1, 0.15) is 19.8 Å². The molecule has 0 aromatic heterocycles. The standard InChI is InChI=1S/C8H13BrO/c1-2-10-8-6-4-3-5-7(8)9/h4,6-8H,2-3,5H2,1H3/t7-,8-/m1/s1. The van der Waals surface area contributed by atoms with Crippen molar-refractivity contribution in [2.24, 2.45) is 0 Å². The molecule has 0 heterocycles. The Morgan fingerprint density at radius 3 is 3.10 bits per heavy atom. The second kappa shape index (κ2) is 4.14. The van der Waals surface area contributed by atoms with E-state index in [0.29, 0.717) is 10.9 Å². The minimum absolute atomic E-state index is 0.304. The Hall–Kier alpha value is 0.180. The average Bonchev–Trinajstić information content (AvgIpc) is 1.94. The molecule has 1 nitrogen and oxygen atoms in total. The molecular weight excluding hydrogens is 192 g/mol. The summed E-state index contributed by atoms with van der Waals surface area (Å²) < 4.78 is 5.46. The van der Waals surface area contributed by atoms with Crippen molar-refractivity contribution in [2.45, 2.75) is 30.7 Å². The van der Waals surface area contributed by atoms with E-state index in [-0.39, 0.29) is 0 Å². The van der Waals surface area contributed by atoms with Gasteiger partial charge in [-0.25, -0.2) is 0 Å². The van der Waals surface area contributed by atoms with Crippen LogP contribution in [0.5, 0.6) is 0 Å². The van der Waals surface area contributed by atoms with Gasteiger partial charge in [0.2, 0.25) is 0 Å². The van der Waals surface area contributed by atoms with E-state index < -0.39 is 0 Å². The summed E-state index contributed by atoms with van der Waals surface area (Å²) in [6.07, 6.45) is 7.02. The summed E-state index contributed by atoms with van der Waals surface area (Å²) in [6, 6.07) is 0. The summed E-state index contributed by atoms with van der Waals surface area (Å²) in [4.78, 5) is 0.525. The van der Waals surface area contributed by atoms with Crippen molar-refractivity contribution in [1.29, 1.82) is 0 Å². The molecule has 0 radical (unpaired) electrons. The molecule has 1 rings (SSSR count). The minimum atomic E-state index is 0.304. The van der Waals surface area contributed by atoms with E-state index in [2.05, 4.69) is 28.1 Å². The molecule has 0 N–H and O–H groups in total. The first kappa shape index (κ1) is 8.28. The second-order valence-corrected chi connectivity index (χ2v) is 3.62. The summed E-state index contributed by atoms with van der Waals surface area (Å²) in [5.74, 6) is 0. The third kappa shape index (κ3) is 2.10. The number of alkyl halides is 1. The largest absolute Gasteiger partial charge is 0.373 e. The van der Waals surface area contributed by atoms with E-state index in [0.717, 1.165) is 6.61 Å². The second-order valence-electron chi connectivity index (χ2n) is 2.44. The third-order valence-electron chi connectivity index (χ3n) is 1.65. The quantitative estimate of drug-likeness (QED) is 0.497. The average molecular weight is 205 g/mol. The predicted molar refractivity (Wildman–Crippen MR) is 46.5 cm³/mol. The number of halogens is 1. The maximum atomic E-state index is 5.46. The van der Waals surface area contributed by atoms with Crippen LogP contribution in [0.15, 0.2) is 12.2 Å². The van der Waals surface area contributed by atoms with Gasteiger partial charge in [0.05, 0.1) is 6.10 Å². The van der Waals surface area contributed by atoms with Gasteiger partial charge in [0.1, 0.15) is 0 Å². The monoisotopic (exact) mass is 204 g/mol. The summed E-state index contributed by atoms with van der Waals surface area (Å²) >= 11 is 3.58. The van der Waals surface area contributed by atoms with Gasteiger partial charge in [-0.3, -0.25) is 0 Å². The van der Waals surface area contributed by atoms with Crippen LogP contribution in [-0.4, -0.2) is 17.5 Å². The van der Waals surface area contributed by atoms with Gasteiger partial charge in [0.15, 0.2) is 0 Å². The Bertz CT molecular complexity index is 122. The van der Waals surface area contributed by atoms with E-state index in [9.17, 15) is 0 Å². The van der Waals surface area contributed by atoms with Crippen LogP contribution < -0.4 is 0 Å². The van der Waals surface area contributed by atoms with Crippen LogP contribution in [0, 0.1) is 0 Å². The lowest BCUT2D eigenvalue weighted by Gasteiger charge is -2.21. The Morgan fingerprint density at radius 2 is 2.50 bits per heavy atom. The molecule has 10 heavy (non-hydrogen) atoms. The fraction of sp³-hybridized carbons (Fsp3) is 0.750. The van der Waals surface area contributed by atoms with E-state index in [1.54, 1.807) is 0 Å². The Labute approximate surface area is 70.6 Å². The first-order valence-corrected chi connectivity index (χ1v) is 4.68. The zero-order valence-electron chi connectivity index (χ0n) is 6.22. The van der Waals surface area contributed by atoms with Crippen molar-refractivity contribution < 1.29 is 4.74 Å².